The molecule has 0 aliphatic carbocycles. The second kappa shape index (κ2) is 46.2. The number of aromatic nitrogens is 2. The van der Waals surface area contributed by atoms with E-state index >= 15 is 13.7 Å². The Morgan fingerprint density at radius 2 is 0.453 bits per heavy atom. The zero-order chi connectivity index (χ0) is 89.8. The molecule has 0 unspecified atom stereocenters. The Morgan fingerprint density at radius 3 is 0.680 bits per heavy atom. The highest BCUT2D eigenvalue weighted by Crippen LogP contribution is 2.47. The summed E-state index contributed by atoms with van der Waals surface area (Å²) in [6, 6.07) is 150. The van der Waals surface area contributed by atoms with Crippen molar-refractivity contribution >= 4 is 190 Å². The zero-order valence-electron chi connectivity index (χ0n) is 68.8. The second-order valence-electron chi connectivity index (χ2n) is 28.9. The molecule has 128 heavy (non-hydrogen) atoms. The van der Waals surface area contributed by atoms with E-state index in [1.54, 1.807) is 31.2 Å². The van der Waals surface area contributed by atoms with Crippen LogP contribution in [0.4, 0.5) is 0 Å². The van der Waals surface area contributed by atoms with Gasteiger partial charge in [-0.15, -0.1) is 0 Å². The van der Waals surface area contributed by atoms with Crippen LogP contribution in [0.1, 0.15) is 27.6 Å². The predicted molar refractivity (Wildman–Crippen MR) is 556 cm³/mol. The Balaban J connectivity index is 0.000000181. The van der Waals surface area contributed by atoms with Crippen molar-refractivity contribution in [1.29, 1.82) is 0 Å². The fraction of sp³-hybridized carbons (Fsp3) is 0.00917. The molecule has 0 aliphatic heterocycles. The molecule has 2 aromatic heterocycles. The topological polar surface area (TPSA) is 152 Å². The Labute approximate surface area is 795 Å². The monoisotopic (exact) mass is 2080 g/mol. The summed E-state index contributed by atoms with van der Waals surface area (Å²) in [5, 5.41) is 21.2. The zero-order valence-corrected chi connectivity index (χ0v) is 81.1. The maximum atomic E-state index is 15.3. The largest absolute Gasteiger partial charge is 0.309 e. The predicted octanol–water partition coefficient (Wildman–Crippen LogP) is 27.6. The lowest BCUT2D eigenvalue weighted by atomic mass is 10.00. The summed E-state index contributed by atoms with van der Waals surface area (Å²) in [7, 11) is -10.3. The first-order valence-electron chi connectivity index (χ1n) is 40.4. The van der Waals surface area contributed by atoms with Crippen LogP contribution in [0.2, 0.25) is 0 Å². The van der Waals surface area contributed by atoms with Gasteiger partial charge in [-0.05, 0) is 125 Å². The summed E-state index contributed by atoms with van der Waals surface area (Å²) in [6.07, 6.45) is 0.826. The van der Waals surface area contributed by atoms with Gasteiger partial charge in [0.05, 0.1) is 30.0 Å². The molecular weight excluding hydrogens is 2010 g/mol. The molecule has 0 atom stereocenters. The highest BCUT2D eigenvalue weighted by atomic mass is 79.9. The summed E-state index contributed by atoms with van der Waals surface area (Å²) >= 11 is 23.5. The van der Waals surface area contributed by atoms with E-state index in [1.165, 1.54) is 10.6 Å². The molecule has 19 heteroatoms. The number of nitrogens with zero attached hydrogens (tertiary/aromatic N) is 2. The van der Waals surface area contributed by atoms with E-state index in [0.717, 1.165) is 149 Å². The minimum Gasteiger partial charge on any atom is -0.309 e. The van der Waals surface area contributed by atoms with Gasteiger partial charge in [0.25, 0.3) is 0 Å². The van der Waals surface area contributed by atoms with Crippen LogP contribution in [0.3, 0.4) is 0 Å². The first kappa shape index (κ1) is 94.5. The third-order valence-corrected chi connectivity index (χ3v) is 35.2. The molecule has 0 saturated heterocycles. The summed E-state index contributed by atoms with van der Waals surface area (Å²) < 4.78 is 50.9. The normalized spacial score (nSPS) is 10.9. The molecule has 0 spiro atoms. The maximum absolute atomic E-state index is 15.3. The van der Waals surface area contributed by atoms with Crippen molar-refractivity contribution in [3.05, 3.63) is 495 Å². The molecule has 632 valence electrons. The quantitative estimate of drug-likeness (QED) is 0.0265. The molecule has 0 fully saturated rings. The number of benzene rings is 16. The lowest BCUT2D eigenvalue weighted by Gasteiger charge is -2.21. The lowest BCUT2D eigenvalue weighted by molar-refractivity contribution is -0.176. The number of rotatable bonds is 19. The van der Waals surface area contributed by atoms with Crippen molar-refractivity contribution < 1.29 is 33.8 Å². The van der Waals surface area contributed by atoms with E-state index in [-0.39, 0.29) is 5.78 Å². The second-order valence-corrected chi connectivity index (χ2v) is 44.4. The van der Waals surface area contributed by atoms with Gasteiger partial charge in [-0.2, -0.15) is 0 Å². The summed E-state index contributed by atoms with van der Waals surface area (Å²) in [6.45, 7) is 1.56. The summed E-state index contributed by atoms with van der Waals surface area (Å²) in [5.41, 5.74) is 12.9. The standard InChI is InChI=1S/C59H44NO3P3.C23H14Br3N.C12H10ClP.C8H7BrO.C7H5BrO.H2O2/c61-64(49-19-7-1-8-20-49,50-21-9-2-10-22-50)55-37-31-45(32-38-55)48-43-58(46-33-39-56(40-34-46)65(62,51-23-11-3-12-24-51)52-25-13-4-14-26-52)60-59(44-48)47-35-41-57(42-36-47)66(63,53-27-15-5-16-28-53)54-29-17-6-18-30-54;24-19-7-1-15(2-8-19)18-13-22(16-3-9-20(25)10-4-16)27-23(14-18)17-5-11-21(26)12-6-17;13-14(11-7-3-1-4-8-11)12-9-5-2-6-10-12;1-6(10)7-2-4-8(9)5-3-7;8-7-3-1-6(5-9)2-4-7;1-2/h1-44H;1-14H;1-10H;2-5H,1H3;1-5H;1-2H. The maximum Gasteiger partial charge on any atom is 0.171 e. The first-order chi connectivity index (χ1) is 62.3. The van der Waals surface area contributed by atoms with Gasteiger partial charge in [0.15, 0.2) is 27.2 Å². The summed E-state index contributed by atoms with van der Waals surface area (Å²) in [4.78, 5) is 31.0. The van der Waals surface area contributed by atoms with Crippen molar-refractivity contribution in [3.63, 3.8) is 0 Å². The molecule has 0 radical (unpaired) electrons. The van der Waals surface area contributed by atoms with Gasteiger partial charge in [0.1, 0.15) is 6.29 Å². The van der Waals surface area contributed by atoms with Gasteiger partial charge in [0, 0.05) is 103 Å². The van der Waals surface area contributed by atoms with Crippen molar-refractivity contribution in [3.8, 4) is 67.3 Å². The van der Waals surface area contributed by atoms with Crippen LogP contribution in [0.25, 0.3) is 67.3 Å². The molecule has 18 rings (SSSR count). The molecule has 0 amide bonds. The molecule has 16 aromatic carbocycles. The van der Waals surface area contributed by atoms with E-state index in [2.05, 4.69) is 177 Å². The van der Waals surface area contributed by atoms with Gasteiger partial charge in [-0.25, -0.2) is 9.97 Å². The number of ketones is 1. The highest BCUT2D eigenvalue weighted by molar-refractivity contribution is 9.11. The van der Waals surface area contributed by atoms with Crippen LogP contribution in [0.15, 0.2) is 483 Å². The van der Waals surface area contributed by atoms with Crippen LogP contribution >= 0.6 is 120 Å². The number of halogens is 6. The SMILES string of the molecule is Brc1ccc(-c2cc(-c3ccc(Br)cc3)nc(-c3ccc(Br)cc3)c2)cc1.CC(=O)c1ccc(Br)cc1.ClP(c1ccccc1)c1ccccc1.O=Cc1ccc(Br)cc1.O=P(c1ccccc1)(c1ccccc1)c1ccc(-c2cc(-c3ccc(P(=O)(c4ccccc4)c4ccccc4)cc3)nc(-c3ccc(P(=O)(c4ccccc4)c4ccccc4)cc3)c2)cc1.OO. The molecule has 18 aromatic rings. The fourth-order valence-electron chi connectivity index (χ4n) is 14.1. The number of carbonyl (C=O) groups is 2. The van der Waals surface area contributed by atoms with Gasteiger partial charge in [-0.3, -0.25) is 20.1 Å². The molecule has 9 nitrogen and oxygen atoms in total. The first-order valence-corrected chi connectivity index (χ1v) is 51.7. The minimum atomic E-state index is -3.20. The third kappa shape index (κ3) is 24.1. The van der Waals surface area contributed by atoms with Gasteiger partial charge < -0.3 is 13.7 Å². The number of hydrogen-bond donors (Lipinski definition) is 2. The lowest BCUT2D eigenvalue weighted by Crippen LogP contribution is -2.24. The molecular formula is C109H82Br5ClN2O7P4. The molecule has 0 aliphatic rings. The van der Waals surface area contributed by atoms with Crippen LogP contribution in [-0.2, 0) is 13.7 Å². The number of Topliss-reactive ketones (excluding diaryl/α,β-unsaturated/α-hetero) is 1. The number of pyridine rings is 2. The number of aldehydes is 1. The van der Waals surface area contributed by atoms with Crippen LogP contribution < -0.4 is 58.3 Å². The average Bonchev–Trinajstić information content (AvgIpc) is 0.765. The molecule has 2 heterocycles. The van der Waals surface area contributed by atoms with E-state index in [4.69, 9.17) is 31.7 Å². The van der Waals surface area contributed by atoms with Crippen LogP contribution in [-0.4, -0.2) is 32.6 Å². The van der Waals surface area contributed by atoms with Gasteiger partial charge >= 0.3 is 0 Å². The smallest absolute Gasteiger partial charge is 0.171 e. The van der Waals surface area contributed by atoms with Crippen molar-refractivity contribution in [2.24, 2.45) is 0 Å². The molecule has 0 bridgehead atoms. The summed E-state index contributed by atoms with van der Waals surface area (Å²) in [5.74, 6) is 0.104. The Bertz CT molecular complexity index is 6090. The van der Waals surface area contributed by atoms with Crippen molar-refractivity contribution in [1.82, 2.24) is 9.97 Å². The van der Waals surface area contributed by atoms with E-state index < -0.39 is 28.7 Å². The highest BCUT2D eigenvalue weighted by Gasteiger charge is 2.33. The average molecular weight is 2090 g/mol. The Morgan fingerprint density at radius 1 is 0.266 bits per heavy atom. The van der Waals surface area contributed by atoms with Gasteiger partial charge in [-0.1, -0.05) is 467 Å². The molecule has 2 N–H and O–H groups in total. The van der Waals surface area contributed by atoms with E-state index in [0.29, 0.717) is 5.56 Å². The van der Waals surface area contributed by atoms with Crippen molar-refractivity contribution in [2.75, 3.05) is 0 Å². The number of carbonyl (C=O) groups excluding carboxylic acids is 2. The van der Waals surface area contributed by atoms with E-state index in [9.17, 15) is 9.59 Å². The van der Waals surface area contributed by atoms with Crippen molar-refractivity contribution in [2.45, 2.75) is 6.92 Å². The van der Waals surface area contributed by atoms with E-state index in [1.807, 2.05) is 340 Å². The van der Waals surface area contributed by atoms with Crippen LogP contribution in [0.5, 0.6) is 0 Å². The molecule has 0 saturated carbocycles. The van der Waals surface area contributed by atoms with Crippen LogP contribution in [0, 0.1) is 0 Å². The third-order valence-electron chi connectivity index (χ3n) is 20.7. The van der Waals surface area contributed by atoms with Gasteiger partial charge in [0.2, 0.25) is 0 Å². The Hall–Kier alpha value is -11.1. The number of hydrogen-bond acceptors (Lipinski definition) is 9. The Kier molecular flexibility index (Phi) is 34.1. The minimum absolute atomic E-state index is 0.104. The fourth-order valence-corrected chi connectivity index (χ4v) is 25.2.